The van der Waals surface area contributed by atoms with Crippen LogP contribution in [0, 0.1) is 11.3 Å². The zero-order valence-electron chi connectivity index (χ0n) is 16.4. The van der Waals surface area contributed by atoms with E-state index in [2.05, 4.69) is 61.6 Å². The number of β-amino-alcohol motifs (C(OH)–C–C–N with tert-alkyl or cyclic N) is 1. The molecule has 0 aliphatic carbocycles. The molecule has 1 atom stereocenters. The Labute approximate surface area is 166 Å². The minimum Gasteiger partial charge on any atom is -0.491 e. The summed E-state index contributed by atoms with van der Waals surface area (Å²) in [6.45, 7) is 4.87. The normalized spacial score (nSPS) is 12.5. The third-order valence-corrected chi connectivity index (χ3v) is 4.68. The number of nitrogens with zero attached hydrogens (tertiary/aromatic N) is 1. The molecule has 3 aromatic carbocycles. The van der Waals surface area contributed by atoms with Gasteiger partial charge in [0.05, 0.1) is 11.6 Å². The van der Waals surface area contributed by atoms with Crippen LogP contribution in [0.4, 0.5) is 0 Å². The lowest BCUT2D eigenvalue weighted by Crippen LogP contribution is -2.46. The third-order valence-electron chi connectivity index (χ3n) is 4.68. The SMILES string of the molecule is CC(C)(Cc1ccc2ccccc2c1)NC[C@@H](O)COc1cccc(C#N)c1. The summed E-state index contributed by atoms with van der Waals surface area (Å²) in [7, 11) is 0. The van der Waals surface area contributed by atoms with Crippen LogP contribution in [0.15, 0.2) is 66.7 Å². The van der Waals surface area contributed by atoms with Crippen LogP contribution >= 0.6 is 0 Å². The summed E-state index contributed by atoms with van der Waals surface area (Å²) in [5.41, 5.74) is 1.64. The highest BCUT2D eigenvalue weighted by Crippen LogP contribution is 2.19. The van der Waals surface area contributed by atoms with E-state index in [-0.39, 0.29) is 12.1 Å². The molecule has 3 aromatic rings. The van der Waals surface area contributed by atoms with Gasteiger partial charge in [-0.15, -0.1) is 0 Å². The Balaban J connectivity index is 1.51. The van der Waals surface area contributed by atoms with E-state index in [0.717, 1.165) is 6.42 Å². The minimum atomic E-state index is -0.637. The number of fused-ring (bicyclic) bond motifs is 1. The topological polar surface area (TPSA) is 65.3 Å². The molecule has 0 fully saturated rings. The largest absolute Gasteiger partial charge is 0.491 e. The van der Waals surface area contributed by atoms with Crippen molar-refractivity contribution in [2.45, 2.75) is 31.9 Å². The van der Waals surface area contributed by atoms with Crippen LogP contribution in [0.1, 0.15) is 25.0 Å². The van der Waals surface area contributed by atoms with Gasteiger partial charge in [0.15, 0.2) is 0 Å². The Hall–Kier alpha value is -2.87. The molecule has 0 unspecified atom stereocenters. The molecule has 0 saturated heterocycles. The van der Waals surface area contributed by atoms with Crippen LogP contribution in [-0.2, 0) is 6.42 Å². The van der Waals surface area contributed by atoms with E-state index in [0.29, 0.717) is 17.9 Å². The highest BCUT2D eigenvalue weighted by atomic mass is 16.5. The molecule has 2 N–H and O–H groups in total. The second-order valence-electron chi connectivity index (χ2n) is 7.73. The maximum atomic E-state index is 10.3. The lowest BCUT2D eigenvalue weighted by Gasteiger charge is -2.28. The molecule has 144 valence electrons. The molecular weight excluding hydrogens is 348 g/mol. The van der Waals surface area contributed by atoms with Gasteiger partial charge in [0.1, 0.15) is 18.5 Å². The van der Waals surface area contributed by atoms with Gasteiger partial charge in [-0.25, -0.2) is 0 Å². The summed E-state index contributed by atoms with van der Waals surface area (Å²) in [4.78, 5) is 0. The fourth-order valence-corrected chi connectivity index (χ4v) is 3.22. The molecule has 0 amide bonds. The molecule has 0 aliphatic rings. The molecule has 28 heavy (non-hydrogen) atoms. The van der Waals surface area contributed by atoms with Crippen LogP contribution < -0.4 is 10.1 Å². The van der Waals surface area contributed by atoms with Crippen molar-refractivity contribution in [1.82, 2.24) is 5.32 Å². The van der Waals surface area contributed by atoms with Crippen molar-refractivity contribution in [3.8, 4) is 11.8 Å². The van der Waals surface area contributed by atoms with Crippen LogP contribution in [0.5, 0.6) is 5.75 Å². The maximum Gasteiger partial charge on any atom is 0.120 e. The van der Waals surface area contributed by atoms with Crippen LogP contribution in [0.3, 0.4) is 0 Å². The fraction of sp³-hybridized carbons (Fsp3) is 0.292. The van der Waals surface area contributed by atoms with E-state index >= 15 is 0 Å². The van der Waals surface area contributed by atoms with Gasteiger partial charge < -0.3 is 15.2 Å². The molecule has 4 heteroatoms. The molecule has 4 nitrogen and oxygen atoms in total. The highest BCUT2D eigenvalue weighted by molar-refractivity contribution is 5.83. The van der Waals surface area contributed by atoms with Crippen molar-refractivity contribution >= 4 is 10.8 Å². The number of hydrogen-bond acceptors (Lipinski definition) is 4. The lowest BCUT2D eigenvalue weighted by molar-refractivity contribution is 0.0988. The van der Waals surface area contributed by atoms with Gasteiger partial charge in [0.25, 0.3) is 0 Å². The summed E-state index contributed by atoms with van der Waals surface area (Å²) in [6, 6.07) is 23.9. The lowest BCUT2D eigenvalue weighted by atomic mass is 9.93. The maximum absolute atomic E-state index is 10.3. The predicted octanol–water partition coefficient (Wildman–Crippen LogP) is 4.06. The fourth-order valence-electron chi connectivity index (χ4n) is 3.22. The molecule has 0 spiro atoms. The molecule has 0 aliphatic heterocycles. The number of nitriles is 1. The second kappa shape index (κ2) is 8.88. The number of nitrogens with one attached hydrogen (secondary N) is 1. The first-order valence-corrected chi connectivity index (χ1v) is 9.49. The van der Waals surface area contributed by atoms with Gasteiger partial charge in [0, 0.05) is 12.1 Å². The van der Waals surface area contributed by atoms with E-state index in [9.17, 15) is 5.11 Å². The summed E-state index contributed by atoms with van der Waals surface area (Å²) in [5.74, 6) is 0.591. The molecule has 3 rings (SSSR count). The summed E-state index contributed by atoms with van der Waals surface area (Å²) >= 11 is 0. The van der Waals surface area contributed by atoms with Crippen molar-refractivity contribution in [3.05, 3.63) is 77.9 Å². The van der Waals surface area contributed by atoms with E-state index in [1.165, 1.54) is 16.3 Å². The van der Waals surface area contributed by atoms with Crippen molar-refractivity contribution in [1.29, 1.82) is 5.26 Å². The second-order valence-corrected chi connectivity index (χ2v) is 7.73. The summed E-state index contributed by atoms with van der Waals surface area (Å²) < 4.78 is 5.60. The zero-order valence-corrected chi connectivity index (χ0v) is 16.4. The van der Waals surface area contributed by atoms with E-state index in [4.69, 9.17) is 10.00 Å². The third kappa shape index (κ3) is 5.56. The van der Waals surface area contributed by atoms with Crippen molar-refractivity contribution in [2.75, 3.05) is 13.2 Å². The monoisotopic (exact) mass is 374 g/mol. The van der Waals surface area contributed by atoms with Gasteiger partial charge in [-0.1, -0.05) is 48.5 Å². The first-order valence-electron chi connectivity index (χ1n) is 9.49. The van der Waals surface area contributed by atoms with E-state index in [1.807, 2.05) is 6.07 Å². The standard InChI is InChI=1S/C24H26N2O2/c1-24(2,14-18-10-11-20-7-3-4-8-21(20)12-18)26-16-22(27)17-28-23-9-5-6-19(13-23)15-25/h3-13,22,26-27H,14,16-17H2,1-2H3/t22-/m1/s1. The Morgan fingerprint density at radius 2 is 1.82 bits per heavy atom. The zero-order chi connectivity index (χ0) is 20.0. The Kier molecular flexibility index (Phi) is 6.30. The average molecular weight is 374 g/mol. The van der Waals surface area contributed by atoms with Gasteiger partial charge in [-0.3, -0.25) is 0 Å². The number of hydrogen-bond donors (Lipinski definition) is 2. The van der Waals surface area contributed by atoms with Crippen LogP contribution in [0.2, 0.25) is 0 Å². The first-order chi connectivity index (χ1) is 13.4. The minimum absolute atomic E-state index is 0.163. The van der Waals surface area contributed by atoms with E-state index < -0.39 is 6.10 Å². The van der Waals surface area contributed by atoms with E-state index in [1.54, 1.807) is 24.3 Å². The number of aliphatic hydroxyl groups is 1. The Morgan fingerprint density at radius 3 is 2.61 bits per heavy atom. The molecule has 0 bridgehead atoms. The van der Waals surface area contributed by atoms with Crippen molar-refractivity contribution in [2.24, 2.45) is 0 Å². The molecule has 0 saturated carbocycles. The molecule has 0 radical (unpaired) electrons. The number of aliphatic hydroxyl groups excluding tert-OH is 1. The van der Waals surface area contributed by atoms with Gasteiger partial charge in [0.2, 0.25) is 0 Å². The number of ether oxygens (including phenoxy) is 1. The van der Waals surface area contributed by atoms with Gasteiger partial charge >= 0.3 is 0 Å². The predicted molar refractivity (Wildman–Crippen MR) is 112 cm³/mol. The first kappa shape index (κ1) is 19.9. The molecule has 0 heterocycles. The molecular formula is C24H26N2O2. The molecule has 0 aromatic heterocycles. The summed E-state index contributed by atoms with van der Waals surface area (Å²) in [6.07, 6.45) is 0.219. The van der Waals surface area contributed by atoms with Crippen molar-refractivity contribution in [3.63, 3.8) is 0 Å². The van der Waals surface area contributed by atoms with Crippen LogP contribution in [-0.4, -0.2) is 29.9 Å². The van der Waals surface area contributed by atoms with Crippen molar-refractivity contribution < 1.29 is 9.84 Å². The number of benzene rings is 3. The summed E-state index contributed by atoms with van der Waals surface area (Å²) in [5, 5.41) is 25.1. The Morgan fingerprint density at radius 1 is 1.04 bits per heavy atom. The highest BCUT2D eigenvalue weighted by Gasteiger charge is 2.19. The number of rotatable bonds is 8. The quantitative estimate of drug-likeness (QED) is 0.624. The van der Waals surface area contributed by atoms with Gasteiger partial charge in [-0.2, -0.15) is 5.26 Å². The average Bonchev–Trinajstić information content (AvgIpc) is 2.70. The Bertz CT molecular complexity index is 976. The van der Waals surface area contributed by atoms with Crippen LogP contribution in [0.25, 0.3) is 10.8 Å². The van der Waals surface area contributed by atoms with Gasteiger partial charge in [-0.05, 0) is 54.8 Å². The smallest absolute Gasteiger partial charge is 0.120 e.